The van der Waals surface area contributed by atoms with Crippen LogP contribution in [0.2, 0.25) is 0 Å². The Balaban J connectivity index is 2.00. The van der Waals surface area contributed by atoms with Gasteiger partial charge < -0.3 is 5.73 Å². The SMILES string of the molecule is Nc1ccc(SCCS(=O)(=O)c2ccc(Br)cc2)c(F)c1. The molecule has 0 bridgehead atoms. The maximum atomic E-state index is 13.6. The second-order valence-electron chi connectivity index (χ2n) is 4.31. The van der Waals surface area contributed by atoms with E-state index in [0.717, 1.165) is 16.2 Å². The molecule has 0 amide bonds. The highest BCUT2D eigenvalue weighted by atomic mass is 79.9. The number of rotatable bonds is 5. The molecule has 21 heavy (non-hydrogen) atoms. The lowest BCUT2D eigenvalue weighted by Crippen LogP contribution is -2.08. The van der Waals surface area contributed by atoms with Crippen LogP contribution < -0.4 is 5.73 Å². The summed E-state index contributed by atoms with van der Waals surface area (Å²) in [6, 6.07) is 10.8. The second kappa shape index (κ2) is 6.81. The highest BCUT2D eigenvalue weighted by molar-refractivity contribution is 9.10. The molecule has 2 aromatic rings. The van der Waals surface area contributed by atoms with Gasteiger partial charge in [-0.3, -0.25) is 0 Å². The van der Waals surface area contributed by atoms with E-state index in [1.807, 2.05) is 0 Å². The van der Waals surface area contributed by atoms with Gasteiger partial charge in [-0.1, -0.05) is 15.9 Å². The number of benzene rings is 2. The van der Waals surface area contributed by atoms with Gasteiger partial charge in [0.05, 0.1) is 10.6 Å². The van der Waals surface area contributed by atoms with Crippen LogP contribution in [0.4, 0.5) is 10.1 Å². The molecule has 0 radical (unpaired) electrons. The van der Waals surface area contributed by atoms with Gasteiger partial charge in [0.1, 0.15) is 5.82 Å². The van der Waals surface area contributed by atoms with Crippen LogP contribution in [-0.2, 0) is 9.84 Å². The number of sulfone groups is 1. The summed E-state index contributed by atoms with van der Waals surface area (Å²) in [4.78, 5) is 0.666. The van der Waals surface area contributed by atoms with Gasteiger partial charge in [0, 0.05) is 20.8 Å². The molecule has 0 aliphatic rings. The molecule has 112 valence electrons. The average molecular weight is 390 g/mol. The van der Waals surface area contributed by atoms with E-state index in [0.29, 0.717) is 10.6 Å². The molecule has 2 N–H and O–H groups in total. The highest BCUT2D eigenvalue weighted by Crippen LogP contribution is 2.24. The smallest absolute Gasteiger partial charge is 0.179 e. The molecule has 2 aromatic carbocycles. The van der Waals surface area contributed by atoms with Gasteiger partial charge in [0.2, 0.25) is 0 Å². The predicted octanol–water partition coefficient (Wildman–Crippen LogP) is 3.74. The van der Waals surface area contributed by atoms with Crippen LogP contribution in [0, 0.1) is 5.82 Å². The number of anilines is 1. The van der Waals surface area contributed by atoms with Crippen molar-refractivity contribution in [3.63, 3.8) is 0 Å². The van der Waals surface area contributed by atoms with E-state index < -0.39 is 15.7 Å². The number of halogens is 2. The summed E-state index contributed by atoms with van der Waals surface area (Å²) in [5.41, 5.74) is 5.81. The summed E-state index contributed by atoms with van der Waals surface area (Å²) < 4.78 is 38.7. The fourth-order valence-electron chi connectivity index (χ4n) is 1.66. The van der Waals surface area contributed by atoms with Gasteiger partial charge in [-0.2, -0.15) is 0 Å². The zero-order valence-electron chi connectivity index (χ0n) is 10.9. The maximum Gasteiger partial charge on any atom is 0.179 e. The first-order chi connectivity index (χ1) is 9.88. The quantitative estimate of drug-likeness (QED) is 0.624. The van der Waals surface area contributed by atoms with Gasteiger partial charge in [-0.25, -0.2) is 12.8 Å². The normalized spacial score (nSPS) is 11.5. The fraction of sp³-hybridized carbons (Fsp3) is 0.143. The lowest BCUT2D eigenvalue weighted by molar-refractivity contribution is 0.596. The molecule has 0 unspecified atom stereocenters. The summed E-state index contributed by atoms with van der Waals surface area (Å²) in [6.07, 6.45) is 0. The summed E-state index contributed by atoms with van der Waals surface area (Å²) in [6.45, 7) is 0. The Bertz CT molecular complexity index is 733. The highest BCUT2D eigenvalue weighted by Gasteiger charge is 2.14. The molecular weight excluding hydrogens is 377 g/mol. The monoisotopic (exact) mass is 389 g/mol. The van der Waals surface area contributed by atoms with E-state index >= 15 is 0 Å². The summed E-state index contributed by atoms with van der Waals surface area (Å²) in [5, 5.41) is 0. The number of nitrogens with two attached hydrogens (primary N) is 1. The van der Waals surface area contributed by atoms with Crippen LogP contribution in [-0.4, -0.2) is 19.9 Å². The number of hydrogen-bond donors (Lipinski definition) is 1. The van der Waals surface area contributed by atoms with Crippen LogP contribution in [0.15, 0.2) is 56.7 Å². The molecule has 0 heterocycles. The molecule has 3 nitrogen and oxygen atoms in total. The second-order valence-corrected chi connectivity index (χ2v) is 8.47. The van der Waals surface area contributed by atoms with Crippen LogP contribution in [0.3, 0.4) is 0 Å². The Hall–Kier alpha value is -1.05. The van der Waals surface area contributed by atoms with Crippen molar-refractivity contribution in [2.75, 3.05) is 17.2 Å². The molecule has 0 saturated heterocycles. The molecule has 0 aliphatic heterocycles. The molecule has 2 rings (SSSR count). The van der Waals surface area contributed by atoms with Crippen LogP contribution in [0.5, 0.6) is 0 Å². The Morgan fingerprint density at radius 1 is 1.14 bits per heavy atom. The van der Waals surface area contributed by atoms with Crippen molar-refractivity contribution in [2.24, 2.45) is 0 Å². The molecule has 0 fully saturated rings. The predicted molar refractivity (Wildman–Crippen MR) is 87.7 cm³/mol. The maximum absolute atomic E-state index is 13.6. The third-order valence-corrected chi connectivity index (χ3v) is 6.31. The summed E-state index contributed by atoms with van der Waals surface area (Å²) >= 11 is 4.42. The zero-order chi connectivity index (χ0) is 15.5. The van der Waals surface area contributed by atoms with E-state index in [4.69, 9.17) is 5.73 Å². The van der Waals surface area contributed by atoms with Crippen molar-refractivity contribution >= 4 is 43.2 Å². The van der Waals surface area contributed by atoms with Crippen LogP contribution >= 0.6 is 27.7 Å². The molecule has 0 aliphatic carbocycles. The third kappa shape index (κ3) is 4.46. The molecule has 0 aromatic heterocycles. The lowest BCUT2D eigenvalue weighted by Gasteiger charge is -2.06. The summed E-state index contributed by atoms with van der Waals surface area (Å²) in [5.74, 6) is -0.205. The van der Waals surface area contributed by atoms with E-state index in [9.17, 15) is 12.8 Å². The third-order valence-electron chi connectivity index (χ3n) is 2.74. The van der Waals surface area contributed by atoms with Crippen molar-refractivity contribution in [1.82, 2.24) is 0 Å². The number of thioether (sulfide) groups is 1. The molecular formula is C14H13BrFNO2S2. The topological polar surface area (TPSA) is 60.2 Å². The van der Waals surface area contributed by atoms with Gasteiger partial charge >= 0.3 is 0 Å². The molecule has 0 saturated carbocycles. The van der Waals surface area contributed by atoms with Crippen molar-refractivity contribution in [1.29, 1.82) is 0 Å². The van der Waals surface area contributed by atoms with E-state index in [1.165, 1.54) is 6.07 Å². The zero-order valence-corrected chi connectivity index (χ0v) is 14.1. The van der Waals surface area contributed by atoms with Gasteiger partial charge in [0.15, 0.2) is 9.84 Å². The first-order valence-electron chi connectivity index (χ1n) is 6.04. The minimum atomic E-state index is -3.36. The number of nitrogen functional groups attached to an aromatic ring is 1. The van der Waals surface area contributed by atoms with Crippen molar-refractivity contribution < 1.29 is 12.8 Å². The lowest BCUT2D eigenvalue weighted by atomic mass is 10.3. The Kier molecular flexibility index (Phi) is 5.29. The molecule has 0 atom stereocenters. The van der Waals surface area contributed by atoms with E-state index in [1.54, 1.807) is 36.4 Å². The van der Waals surface area contributed by atoms with Crippen molar-refractivity contribution in [3.8, 4) is 0 Å². The van der Waals surface area contributed by atoms with Gasteiger partial charge in [0.25, 0.3) is 0 Å². The minimum absolute atomic E-state index is 0.0525. The van der Waals surface area contributed by atoms with Gasteiger partial charge in [-0.05, 0) is 42.5 Å². The van der Waals surface area contributed by atoms with Crippen molar-refractivity contribution in [2.45, 2.75) is 9.79 Å². The summed E-state index contributed by atoms with van der Waals surface area (Å²) in [7, 11) is -3.36. The first kappa shape index (κ1) is 16.3. The van der Waals surface area contributed by atoms with E-state index in [2.05, 4.69) is 15.9 Å². The van der Waals surface area contributed by atoms with Gasteiger partial charge in [-0.15, -0.1) is 11.8 Å². The fourth-order valence-corrected chi connectivity index (χ4v) is 4.50. The molecule has 7 heteroatoms. The van der Waals surface area contributed by atoms with Crippen LogP contribution in [0.25, 0.3) is 0 Å². The largest absolute Gasteiger partial charge is 0.399 e. The Morgan fingerprint density at radius 2 is 1.81 bits per heavy atom. The number of hydrogen-bond acceptors (Lipinski definition) is 4. The minimum Gasteiger partial charge on any atom is -0.399 e. The standard InChI is InChI=1S/C14H13BrFNO2S2/c15-10-1-4-12(5-2-10)21(18,19)8-7-20-14-6-3-11(17)9-13(14)16/h1-6,9H,7-8,17H2. The van der Waals surface area contributed by atoms with Crippen molar-refractivity contribution in [3.05, 3.63) is 52.8 Å². The Labute approximate surface area is 135 Å². The average Bonchev–Trinajstić information content (AvgIpc) is 2.41. The Morgan fingerprint density at radius 3 is 2.43 bits per heavy atom. The van der Waals surface area contributed by atoms with E-state index in [-0.39, 0.29) is 16.4 Å². The molecule has 0 spiro atoms. The first-order valence-corrected chi connectivity index (χ1v) is 9.48. The van der Waals surface area contributed by atoms with Crippen LogP contribution in [0.1, 0.15) is 0 Å².